The summed E-state index contributed by atoms with van der Waals surface area (Å²) in [5.41, 5.74) is 0.994. The van der Waals surface area contributed by atoms with Crippen molar-refractivity contribution in [3.8, 4) is 0 Å². The Kier molecular flexibility index (Phi) is 4.12. The van der Waals surface area contributed by atoms with Gasteiger partial charge in [-0.05, 0) is 30.5 Å². The summed E-state index contributed by atoms with van der Waals surface area (Å²) in [5, 5.41) is 10.6. The van der Waals surface area contributed by atoms with Crippen molar-refractivity contribution in [2.75, 3.05) is 18.9 Å². The van der Waals surface area contributed by atoms with Gasteiger partial charge in [-0.2, -0.15) is 0 Å². The molecule has 2 aliphatic heterocycles. The number of carbonyl (C=O) groups is 1. The molecule has 2 atom stereocenters. The molecule has 0 spiro atoms. The summed E-state index contributed by atoms with van der Waals surface area (Å²) in [6.45, 7) is 1.37. The number of nitro groups is 1. The van der Waals surface area contributed by atoms with Crippen molar-refractivity contribution in [1.82, 2.24) is 4.90 Å². The van der Waals surface area contributed by atoms with Gasteiger partial charge in [0, 0.05) is 25.3 Å². The standard InChI is InChI=1S/C14H16N2O4S/c17-13-9-21-14(15(13)8-12-2-1-7-20-12)10-3-5-11(6-4-10)16(18)19/h3-6,12,14H,1-2,7-9H2/t12-,14+/m1/s1. The molecular weight excluding hydrogens is 292 g/mol. The molecule has 0 aromatic heterocycles. The van der Waals surface area contributed by atoms with E-state index in [1.165, 1.54) is 12.1 Å². The third-order valence-corrected chi connectivity index (χ3v) is 5.04. The number of rotatable bonds is 4. The molecule has 0 bridgehead atoms. The Balaban J connectivity index is 1.75. The monoisotopic (exact) mass is 308 g/mol. The van der Waals surface area contributed by atoms with Gasteiger partial charge in [-0.15, -0.1) is 11.8 Å². The first-order chi connectivity index (χ1) is 10.1. The van der Waals surface area contributed by atoms with E-state index in [2.05, 4.69) is 0 Å². The van der Waals surface area contributed by atoms with Gasteiger partial charge in [-0.25, -0.2) is 0 Å². The fourth-order valence-corrected chi connectivity index (χ4v) is 3.90. The lowest BCUT2D eigenvalue weighted by Crippen LogP contribution is -2.35. The number of carbonyl (C=O) groups excluding carboxylic acids is 1. The van der Waals surface area contributed by atoms with Crippen LogP contribution in [0, 0.1) is 10.1 Å². The third kappa shape index (κ3) is 3.03. The number of hydrogen-bond donors (Lipinski definition) is 0. The smallest absolute Gasteiger partial charge is 0.269 e. The summed E-state index contributed by atoms with van der Waals surface area (Å²) >= 11 is 1.56. The first-order valence-corrected chi connectivity index (χ1v) is 7.97. The Hall–Kier alpha value is -1.60. The van der Waals surface area contributed by atoms with Crippen LogP contribution in [0.1, 0.15) is 23.8 Å². The number of benzene rings is 1. The second-order valence-corrected chi connectivity index (χ2v) is 6.26. The predicted molar refractivity (Wildman–Crippen MR) is 79.0 cm³/mol. The Morgan fingerprint density at radius 2 is 2.14 bits per heavy atom. The summed E-state index contributed by atoms with van der Waals surface area (Å²) in [5.74, 6) is 0.563. The first-order valence-electron chi connectivity index (χ1n) is 6.92. The molecule has 1 amide bonds. The molecule has 0 aliphatic carbocycles. The number of nitro benzene ring substituents is 1. The predicted octanol–water partition coefficient (Wildman–Crippen LogP) is 2.35. The molecule has 0 N–H and O–H groups in total. The molecular formula is C14H16N2O4S. The van der Waals surface area contributed by atoms with E-state index in [0.717, 1.165) is 25.0 Å². The van der Waals surface area contributed by atoms with Crippen LogP contribution in [0.25, 0.3) is 0 Å². The van der Waals surface area contributed by atoms with Crippen LogP contribution in [0.5, 0.6) is 0 Å². The zero-order valence-electron chi connectivity index (χ0n) is 11.4. The topological polar surface area (TPSA) is 72.7 Å². The van der Waals surface area contributed by atoms with Crippen molar-refractivity contribution in [2.24, 2.45) is 0 Å². The highest BCUT2D eigenvalue weighted by molar-refractivity contribution is 8.00. The summed E-state index contributed by atoms with van der Waals surface area (Å²) in [4.78, 5) is 24.2. The third-order valence-electron chi connectivity index (χ3n) is 3.78. The SMILES string of the molecule is O=C1CS[C@@H](c2ccc([N+](=O)[O-])cc2)N1C[C@H]1CCCO1. The molecule has 2 heterocycles. The summed E-state index contributed by atoms with van der Waals surface area (Å²) in [6, 6.07) is 6.44. The quantitative estimate of drug-likeness (QED) is 0.630. The van der Waals surface area contributed by atoms with Gasteiger partial charge in [0.15, 0.2) is 0 Å². The Labute approximate surface area is 126 Å². The van der Waals surface area contributed by atoms with Crippen LogP contribution < -0.4 is 0 Å². The van der Waals surface area contributed by atoms with Gasteiger partial charge >= 0.3 is 0 Å². The highest BCUT2D eigenvalue weighted by Gasteiger charge is 2.35. The summed E-state index contributed by atoms with van der Waals surface area (Å²) in [6.07, 6.45) is 2.15. The normalized spacial score (nSPS) is 25.5. The summed E-state index contributed by atoms with van der Waals surface area (Å²) < 4.78 is 5.61. The number of ether oxygens (including phenoxy) is 1. The first kappa shape index (κ1) is 14.3. The number of amides is 1. The average molecular weight is 308 g/mol. The van der Waals surface area contributed by atoms with E-state index in [4.69, 9.17) is 4.74 Å². The Morgan fingerprint density at radius 1 is 1.38 bits per heavy atom. The van der Waals surface area contributed by atoms with Gasteiger partial charge in [0.2, 0.25) is 5.91 Å². The molecule has 112 valence electrons. The molecule has 3 rings (SSSR count). The van der Waals surface area contributed by atoms with Gasteiger partial charge < -0.3 is 9.64 Å². The molecule has 0 radical (unpaired) electrons. The fraction of sp³-hybridized carbons (Fsp3) is 0.500. The number of non-ortho nitro benzene ring substituents is 1. The van der Waals surface area contributed by atoms with Gasteiger partial charge in [0.1, 0.15) is 5.37 Å². The molecule has 2 saturated heterocycles. The molecule has 21 heavy (non-hydrogen) atoms. The minimum atomic E-state index is -0.416. The lowest BCUT2D eigenvalue weighted by atomic mass is 10.1. The molecule has 2 aliphatic rings. The van der Waals surface area contributed by atoms with Crippen molar-refractivity contribution in [3.63, 3.8) is 0 Å². The van der Waals surface area contributed by atoms with Crippen molar-refractivity contribution < 1.29 is 14.5 Å². The van der Waals surface area contributed by atoms with Crippen molar-refractivity contribution in [2.45, 2.75) is 24.3 Å². The van der Waals surface area contributed by atoms with E-state index in [0.29, 0.717) is 12.3 Å². The Morgan fingerprint density at radius 3 is 2.76 bits per heavy atom. The van der Waals surface area contributed by atoms with E-state index < -0.39 is 4.92 Å². The largest absolute Gasteiger partial charge is 0.376 e. The second-order valence-electron chi connectivity index (χ2n) is 5.19. The molecule has 0 saturated carbocycles. The van der Waals surface area contributed by atoms with Crippen LogP contribution in [-0.4, -0.2) is 40.7 Å². The van der Waals surface area contributed by atoms with E-state index in [1.54, 1.807) is 23.9 Å². The van der Waals surface area contributed by atoms with E-state index in [1.807, 2.05) is 4.90 Å². The summed E-state index contributed by atoms with van der Waals surface area (Å²) in [7, 11) is 0. The Bertz CT molecular complexity index is 542. The number of thioether (sulfide) groups is 1. The minimum absolute atomic E-state index is 0.0671. The zero-order chi connectivity index (χ0) is 14.8. The van der Waals surface area contributed by atoms with E-state index >= 15 is 0 Å². The van der Waals surface area contributed by atoms with Gasteiger partial charge in [-0.1, -0.05) is 0 Å². The van der Waals surface area contributed by atoms with Crippen LogP contribution >= 0.6 is 11.8 Å². The van der Waals surface area contributed by atoms with Crippen molar-refractivity contribution >= 4 is 23.4 Å². The highest BCUT2D eigenvalue weighted by Crippen LogP contribution is 2.39. The highest BCUT2D eigenvalue weighted by atomic mass is 32.2. The van der Waals surface area contributed by atoms with Gasteiger partial charge in [0.05, 0.1) is 16.8 Å². The van der Waals surface area contributed by atoms with Gasteiger partial charge in [0.25, 0.3) is 5.69 Å². The van der Waals surface area contributed by atoms with Crippen LogP contribution in [0.2, 0.25) is 0 Å². The van der Waals surface area contributed by atoms with Gasteiger partial charge in [-0.3, -0.25) is 14.9 Å². The number of nitrogens with zero attached hydrogens (tertiary/aromatic N) is 2. The van der Waals surface area contributed by atoms with E-state index in [-0.39, 0.29) is 23.1 Å². The van der Waals surface area contributed by atoms with Crippen molar-refractivity contribution in [1.29, 1.82) is 0 Å². The maximum Gasteiger partial charge on any atom is 0.269 e. The van der Waals surface area contributed by atoms with Crippen LogP contribution in [0.3, 0.4) is 0 Å². The maximum absolute atomic E-state index is 12.1. The second kappa shape index (κ2) is 6.03. The fourth-order valence-electron chi connectivity index (χ4n) is 2.70. The average Bonchev–Trinajstić information content (AvgIpc) is 3.11. The van der Waals surface area contributed by atoms with E-state index in [9.17, 15) is 14.9 Å². The number of hydrogen-bond acceptors (Lipinski definition) is 5. The molecule has 1 aromatic carbocycles. The maximum atomic E-state index is 12.1. The van der Waals surface area contributed by atoms with Crippen LogP contribution in [0.4, 0.5) is 5.69 Å². The molecule has 7 heteroatoms. The molecule has 2 fully saturated rings. The van der Waals surface area contributed by atoms with Crippen LogP contribution in [-0.2, 0) is 9.53 Å². The minimum Gasteiger partial charge on any atom is -0.376 e. The lowest BCUT2D eigenvalue weighted by Gasteiger charge is -2.26. The molecule has 6 nitrogen and oxygen atoms in total. The zero-order valence-corrected chi connectivity index (χ0v) is 12.3. The van der Waals surface area contributed by atoms with Crippen molar-refractivity contribution in [3.05, 3.63) is 39.9 Å². The lowest BCUT2D eigenvalue weighted by molar-refractivity contribution is -0.384. The van der Waals surface area contributed by atoms with Crippen LogP contribution in [0.15, 0.2) is 24.3 Å². The molecule has 1 aromatic rings. The molecule has 0 unspecified atom stereocenters.